The molecule has 0 aliphatic carbocycles. The van der Waals surface area contributed by atoms with Crippen LogP contribution in [0.25, 0.3) is 0 Å². The number of nitrogens with zero attached hydrogens (tertiary/aromatic N) is 2. The van der Waals surface area contributed by atoms with Crippen LogP contribution in [0.4, 0.5) is 0 Å². The fourth-order valence-electron chi connectivity index (χ4n) is 3.29. The molecule has 0 amide bonds. The van der Waals surface area contributed by atoms with Gasteiger partial charge in [0.1, 0.15) is 5.76 Å². The van der Waals surface area contributed by atoms with Crippen LogP contribution in [-0.2, 0) is 9.53 Å². The minimum Gasteiger partial charge on any atom is -0.468 e. The van der Waals surface area contributed by atoms with Gasteiger partial charge in [0.2, 0.25) is 0 Å². The third-order valence-electron chi connectivity index (χ3n) is 4.63. The number of aliphatic imine (C=N–C) groups is 1. The van der Waals surface area contributed by atoms with E-state index in [0.29, 0.717) is 26.1 Å². The largest absolute Gasteiger partial charge is 0.468 e. The first-order valence-corrected chi connectivity index (χ1v) is 10.2. The van der Waals surface area contributed by atoms with Gasteiger partial charge in [0.05, 0.1) is 25.5 Å². The molecule has 2 rings (SSSR count). The van der Waals surface area contributed by atoms with E-state index >= 15 is 0 Å². The third-order valence-corrected chi connectivity index (χ3v) is 4.63. The second-order valence-corrected chi connectivity index (χ2v) is 6.68. The number of ether oxygens (including phenoxy) is 1. The SMILES string of the molecule is CCNC(=NCC(c1ccco1)N1CCCCC1)NCCCC(=O)OCC.I. The molecular weight excluding hydrogens is 471 g/mol. The summed E-state index contributed by atoms with van der Waals surface area (Å²) in [5.41, 5.74) is 0. The van der Waals surface area contributed by atoms with E-state index in [0.717, 1.165) is 37.8 Å². The number of halogens is 1. The number of hydrogen-bond acceptors (Lipinski definition) is 5. The molecule has 0 spiro atoms. The second kappa shape index (κ2) is 14.7. The van der Waals surface area contributed by atoms with Crippen LogP contribution in [0.15, 0.2) is 27.8 Å². The van der Waals surface area contributed by atoms with Crippen LogP contribution in [-0.4, -0.2) is 56.2 Å². The highest BCUT2D eigenvalue weighted by atomic mass is 127. The van der Waals surface area contributed by atoms with Crippen molar-refractivity contribution in [3.8, 4) is 0 Å². The molecule has 160 valence electrons. The van der Waals surface area contributed by atoms with E-state index in [9.17, 15) is 4.79 Å². The maximum Gasteiger partial charge on any atom is 0.305 e. The molecule has 0 saturated carbocycles. The summed E-state index contributed by atoms with van der Waals surface area (Å²) in [6.45, 7) is 8.59. The first-order chi connectivity index (χ1) is 13.2. The van der Waals surface area contributed by atoms with Crippen LogP contribution < -0.4 is 10.6 Å². The maximum atomic E-state index is 11.4. The van der Waals surface area contributed by atoms with Gasteiger partial charge in [-0.2, -0.15) is 0 Å². The minimum absolute atomic E-state index is 0. The number of carbonyl (C=O) groups is 1. The molecule has 1 saturated heterocycles. The van der Waals surface area contributed by atoms with Crippen molar-refractivity contribution in [1.29, 1.82) is 0 Å². The van der Waals surface area contributed by atoms with Gasteiger partial charge in [0.25, 0.3) is 0 Å². The number of piperidine rings is 1. The van der Waals surface area contributed by atoms with Crippen molar-refractivity contribution in [1.82, 2.24) is 15.5 Å². The molecule has 8 heteroatoms. The number of esters is 1. The zero-order valence-corrected chi connectivity index (χ0v) is 19.4. The summed E-state index contributed by atoms with van der Waals surface area (Å²) in [5, 5.41) is 6.58. The molecule has 1 fully saturated rings. The van der Waals surface area contributed by atoms with Crippen LogP contribution in [0.1, 0.15) is 57.8 Å². The summed E-state index contributed by atoms with van der Waals surface area (Å²) < 4.78 is 10.6. The van der Waals surface area contributed by atoms with Crippen molar-refractivity contribution in [2.45, 2.75) is 52.0 Å². The van der Waals surface area contributed by atoms with E-state index in [1.807, 2.05) is 26.0 Å². The Morgan fingerprint density at radius 3 is 2.71 bits per heavy atom. The van der Waals surface area contributed by atoms with Crippen molar-refractivity contribution in [2.24, 2.45) is 4.99 Å². The van der Waals surface area contributed by atoms with Gasteiger partial charge in [-0.1, -0.05) is 6.42 Å². The van der Waals surface area contributed by atoms with Crippen LogP contribution in [0.2, 0.25) is 0 Å². The molecule has 7 nitrogen and oxygen atoms in total. The second-order valence-electron chi connectivity index (χ2n) is 6.68. The van der Waals surface area contributed by atoms with Crippen LogP contribution >= 0.6 is 24.0 Å². The molecule has 1 aromatic rings. The first kappa shape index (κ1) is 24.7. The first-order valence-electron chi connectivity index (χ1n) is 10.2. The minimum atomic E-state index is -0.149. The zero-order chi connectivity index (χ0) is 19.3. The lowest BCUT2D eigenvalue weighted by Gasteiger charge is -2.32. The predicted octanol–water partition coefficient (Wildman–Crippen LogP) is 3.32. The van der Waals surface area contributed by atoms with E-state index in [-0.39, 0.29) is 36.0 Å². The molecule has 28 heavy (non-hydrogen) atoms. The summed E-state index contributed by atoms with van der Waals surface area (Å²) in [7, 11) is 0. The Kier molecular flexibility index (Phi) is 13.0. The predicted molar refractivity (Wildman–Crippen MR) is 122 cm³/mol. The van der Waals surface area contributed by atoms with E-state index in [4.69, 9.17) is 14.1 Å². The molecule has 1 aliphatic heterocycles. The molecule has 1 aliphatic rings. The topological polar surface area (TPSA) is 79.1 Å². The lowest BCUT2D eigenvalue weighted by Crippen LogP contribution is -2.40. The third kappa shape index (κ3) is 8.81. The molecule has 2 heterocycles. The lowest BCUT2D eigenvalue weighted by atomic mass is 10.1. The standard InChI is InChI=1S/C20H34N4O3.HI/c1-3-21-20(22-12-8-11-19(25)26-4-2)23-16-17(18-10-9-15-27-18)24-13-6-5-7-14-24;/h9-10,15,17H,3-8,11-14,16H2,1-2H3,(H2,21,22,23);1H. The van der Waals surface area contributed by atoms with Gasteiger partial charge >= 0.3 is 5.97 Å². The van der Waals surface area contributed by atoms with Crippen LogP contribution in [0.3, 0.4) is 0 Å². The Morgan fingerprint density at radius 2 is 2.07 bits per heavy atom. The quantitative estimate of drug-likeness (QED) is 0.167. The number of furan rings is 1. The number of nitrogens with one attached hydrogen (secondary N) is 2. The average molecular weight is 506 g/mol. The smallest absolute Gasteiger partial charge is 0.305 e. The number of guanidine groups is 1. The fourth-order valence-corrected chi connectivity index (χ4v) is 3.29. The molecule has 1 unspecified atom stereocenters. The number of rotatable bonds is 10. The summed E-state index contributed by atoms with van der Waals surface area (Å²) in [5.74, 6) is 1.60. The van der Waals surface area contributed by atoms with Crippen molar-refractivity contribution >= 4 is 35.9 Å². The van der Waals surface area contributed by atoms with Crippen molar-refractivity contribution in [3.05, 3.63) is 24.2 Å². The molecule has 1 atom stereocenters. The van der Waals surface area contributed by atoms with Gasteiger partial charge in [0, 0.05) is 19.5 Å². The molecule has 0 bridgehead atoms. The van der Waals surface area contributed by atoms with Crippen LogP contribution in [0, 0.1) is 0 Å². The Balaban J connectivity index is 0.00000392. The van der Waals surface area contributed by atoms with Gasteiger partial charge in [-0.25, -0.2) is 0 Å². The maximum absolute atomic E-state index is 11.4. The molecular formula is C20H35IN4O3. The monoisotopic (exact) mass is 506 g/mol. The van der Waals surface area contributed by atoms with Crippen molar-refractivity contribution < 1.29 is 13.9 Å². The Labute approximate surface area is 185 Å². The van der Waals surface area contributed by atoms with Crippen molar-refractivity contribution in [3.63, 3.8) is 0 Å². The summed E-state index contributed by atoms with van der Waals surface area (Å²) >= 11 is 0. The summed E-state index contributed by atoms with van der Waals surface area (Å²) in [6, 6.07) is 4.14. The summed E-state index contributed by atoms with van der Waals surface area (Å²) in [4.78, 5) is 18.7. The lowest BCUT2D eigenvalue weighted by molar-refractivity contribution is -0.143. The van der Waals surface area contributed by atoms with E-state index in [1.54, 1.807) is 6.26 Å². The highest BCUT2D eigenvalue weighted by molar-refractivity contribution is 14.0. The van der Waals surface area contributed by atoms with Gasteiger partial charge in [0.15, 0.2) is 5.96 Å². The van der Waals surface area contributed by atoms with E-state index in [1.165, 1.54) is 19.3 Å². The molecule has 1 aromatic heterocycles. The highest BCUT2D eigenvalue weighted by Gasteiger charge is 2.24. The normalized spacial score (nSPS) is 16.1. The van der Waals surface area contributed by atoms with E-state index in [2.05, 4.69) is 15.5 Å². The zero-order valence-electron chi connectivity index (χ0n) is 17.1. The average Bonchev–Trinajstić information content (AvgIpc) is 3.21. The van der Waals surface area contributed by atoms with Crippen molar-refractivity contribution in [2.75, 3.05) is 39.3 Å². The fraction of sp³-hybridized carbons (Fsp3) is 0.700. The molecule has 2 N–H and O–H groups in total. The number of likely N-dealkylation sites (tertiary alicyclic amines) is 1. The van der Waals surface area contributed by atoms with Gasteiger partial charge in [-0.3, -0.25) is 14.7 Å². The highest BCUT2D eigenvalue weighted by Crippen LogP contribution is 2.25. The molecule has 0 aromatic carbocycles. The molecule has 0 radical (unpaired) electrons. The number of hydrogen-bond donors (Lipinski definition) is 2. The van der Waals surface area contributed by atoms with Crippen LogP contribution in [0.5, 0.6) is 0 Å². The van der Waals surface area contributed by atoms with Gasteiger partial charge in [-0.15, -0.1) is 24.0 Å². The Bertz CT molecular complexity index is 560. The van der Waals surface area contributed by atoms with Gasteiger partial charge in [-0.05, 0) is 58.3 Å². The Hall–Kier alpha value is -1.29. The summed E-state index contributed by atoms with van der Waals surface area (Å²) in [6.07, 6.45) is 6.63. The van der Waals surface area contributed by atoms with Gasteiger partial charge < -0.3 is 19.8 Å². The Morgan fingerprint density at radius 1 is 1.29 bits per heavy atom. The van der Waals surface area contributed by atoms with E-state index < -0.39 is 0 Å². The number of carbonyl (C=O) groups excluding carboxylic acids is 1.